The molecular weight excluding hydrogens is 172 g/mol. The molecule has 0 N–H and O–H groups in total. The number of aryl methyl sites for hydroxylation is 2. The number of fused-ring (bicyclic) bond motifs is 1. The van der Waals surface area contributed by atoms with Crippen LogP contribution >= 0.6 is 22.7 Å². The van der Waals surface area contributed by atoms with Gasteiger partial charge < -0.3 is 0 Å². The van der Waals surface area contributed by atoms with Crippen LogP contribution in [0.4, 0.5) is 0 Å². The molecule has 0 aromatic carbocycles. The number of hydrogen-bond donors (Lipinski definition) is 0. The summed E-state index contributed by atoms with van der Waals surface area (Å²) in [4.78, 5) is 0. The fourth-order valence-corrected chi connectivity index (χ4v) is 3.73. The monoisotopic (exact) mass is 182 g/mol. The van der Waals surface area contributed by atoms with Crippen LogP contribution in [-0.2, 0) is 6.42 Å². The van der Waals surface area contributed by atoms with Crippen molar-refractivity contribution in [1.29, 1.82) is 0 Å². The first-order valence-electron chi connectivity index (χ1n) is 3.77. The second-order valence-electron chi connectivity index (χ2n) is 2.69. The van der Waals surface area contributed by atoms with E-state index in [0.29, 0.717) is 0 Å². The lowest BCUT2D eigenvalue weighted by molar-refractivity contribution is 1.17. The van der Waals surface area contributed by atoms with Crippen LogP contribution in [0.15, 0.2) is 10.8 Å². The first-order valence-corrected chi connectivity index (χ1v) is 5.53. The fraction of sp³-hybridized carbons (Fsp3) is 0.333. The molecule has 2 aromatic heterocycles. The van der Waals surface area contributed by atoms with Crippen molar-refractivity contribution in [3.8, 4) is 0 Å². The average Bonchev–Trinajstić information content (AvgIpc) is 2.53. The molecule has 0 aliphatic heterocycles. The first kappa shape index (κ1) is 7.32. The van der Waals surface area contributed by atoms with E-state index < -0.39 is 0 Å². The Balaban J connectivity index is 2.77. The molecule has 2 aromatic rings. The summed E-state index contributed by atoms with van der Waals surface area (Å²) in [6, 6.07) is 0. The third kappa shape index (κ3) is 1.01. The van der Waals surface area contributed by atoms with E-state index in [1.165, 1.54) is 26.9 Å². The summed E-state index contributed by atoms with van der Waals surface area (Å²) in [5, 5.41) is 4.54. The molecule has 0 bridgehead atoms. The fourth-order valence-electron chi connectivity index (χ4n) is 1.23. The van der Waals surface area contributed by atoms with Crippen molar-refractivity contribution in [2.45, 2.75) is 20.3 Å². The normalized spacial score (nSPS) is 11.1. The van der Waals surface area contributed by atoms with E-state index in [1.807, 2.05) is 22.7 Å². The zero-order valence-corrected chi connectivity index (χ0v) is 8.31. The molecule has 2 rings (SSSR count). The molecule has 0 fully saturated rings. The van der Waals surface area contributed by atoms with Gasteiger partial charge in [0, 0.05) is 9.40 Å². The summed E-state index contributed by atoms with van der Waals surface area (Å²) in [5.41, 5.74) is 2.96. The van der Waals surface area contributed by atoms with E-state index >= 15 is 0 Å². The van der Waals surface area contributed by atoms with Gasteiger partial charge in [-0.25, -0.2) is 0 Å². The Bertz CT molecular complexity index is 368. The summed E-state index contributed by atoms with van der Waals surface area (Å²) in [6.07, 6.45) is 1.17. The molecular formula is C9H10S2. The standard InChI is InChI=1S/C9H10S2/c1-3-7-5-11-8-6(2)4-10-9(7)8/h4-5H,3H2,1-2H3. The van der Waals surface area contributed by atoms with Crippen molar-refractivity contribution < 1.29 is 0 Å². The molecule has 0 saturated carbocycles. The Morgan fingerprint density at radius 3 is 2.64 bits per heavy atom. The van der Waals surface area contributed by atoms with Crippen LogP contribution in [0.25, 0.3) is 9.40 Å². The van der Waals surface area contributed by atoms with Gasteiger partial charge in [-0.1, -0.05) is 6.92 Å². The number of thiophene rings is 2. The third-order valence-electron chi connectivity index (χ3n) is 1.91. The maximum Gasteiger partial charge on any atom is 0.0485 e. The van der Waals surface area contributed by atoms with Crippen LogP contribution in [0.3, 0.4) is 0 Å². The Morgan fingerprint density at radius 2 is 1.91 bits per heavy atom. The minimum absolute atomic E-state index is 1.17. The molecule has 58 valence electrons. The molecule has 0 aliphatic carbocycles. The van der Waals surface area contributed by atoms with E-state index in [0.717, 1.165) is 0 Å². The van der Waals surface area contributed by atoms with Gasteiger partial charge in [-0.3, -0.25) is 0 Å². The predicted octanol–water partition coefficient (Wildman–Crippen LogP) is 3.83. The van der Waals surface area contributed by atoms with Gasteiger partial charge in [0.25, 0.3) is 0 Å². The average molecular weight is 182 g/mol. The van der Waals surface area contributed by atoms with E-state index in [4.69, 9.17) is 0 Å². The molecule has 0 amide bonds. The molecule has 0 atom stereocenters. The molecule has 0 saturated heterocycles. The van der Waals surface area contributed by atoms with E-state index in [-0.39, 0.29) is 0 Å². The van der Waals surface area contributed by atoms with Crippen molar-refractivity contribution in [3.05, 3.63) is 21.9 Å². The van der Waals surface area contributed by atoms with Crippen LogP contribution in [0.5, 0.6) is 0 Å². The van der Waals surface area contributed by atoms with E-state index in [9.17, 15) is 0 Å². The lowest BCUT2D eigenvalue weighted by atomic mass is 10.2. The molecule has 2 heterocycles. The summed E-state index contributed by atoms with van der Waals surface area (Å²) in [5.74, 6) is 0. The zero-order valence-electron chi connectivity index (χ0n) is 6.68. The minimum atomic E-state index is 1.17. The zero-order chi connectivity index (χ0) is 7.84. The van der Waals surface area contributed by atoms with E-state index in [1.54, 1.807) is 0 Å². The Labute approximate surface area is 74.5 Å². The van der Waals surface area contributed by atoms with Crippen LogP contribution < -0.4 is 0 Å². The SMILES string of the molecule is CCc1csc2c(C)csc12. The largest absolute Gasteiger partial charge is 0.142 e. The van der Waals surface area contributed by atoms with Crippen LogP contribution in [0, 0.1) is 6.92 Å². The summed E-state index contributed by atoms with van der Waals surface area (Å²) in [6.45, 7) is 4.41. The summed E-state index contributed by atoms with van der Waals surface area (Å²) in [7, 11) is 0. The lowest BCUT2D eigenvalue weighted by Crippen LogP contribution is -1.69. The Morgan fingerprint density at radius 1 is 1.18 bits per heavy atom. The van der Waals surface area contributed by atoms with Crippen molar-refractivity contribution in [2.75, 3.05) is 0 Å². The highest BCUT2D eigenvalue weighted by Gasteiger charge is 2.05. The minimum Gasteiger partial charge on any atom is -0.142 e. The first-order chi connectivity index (χ1) is 5.33. The lowest BCUT2D eigenvalue weighted by Gasteiger charge is -1.84. The number of rotatable bonds is 1. The van der Waals surface area contributed by atoms with Gasteiger partial charge in [0.05, 0.1) is 0 Å². The van der Waals surface area contributed by atoms with Gasteiger partial charge in [0.15, 0.2) is 0 Å². The molecule has 0 radical (unpaired) electrons. The van der Waals surface area contributed by atoms with Gasteiger partial charge in [0.2, 0.25) is 0 Å². The Hall–Kier alpha value is -0.340. The van der Waals surface area contributed by atoms with Gasteiger partial charge in [-0.2, -0.15) is 0 Å². The highest BCUT2D eigenvalue weighted by Crippen LogP contribution is 2.34. The van der Waals surface area contributed by atoms with Gasteiger partial charge >= 0.3 is 0 Å². The van der Waals surface area contributed by atoms with Crippen LogP contribution in [-0.4, -0.2) is 0 Å². The highest BCUT2D eigenvalue weighted by molar-refractivity contribution is 7.26. The van der Waals surface area contributed by atoms with Crippen molar-refractivity contribution in [1.82, 2.24) is 0 Å². The van der Waals surface area contributed by atoms with Crippen LogP contribution in [0.2, 0.25) is 0 Å². The predicted molar refractivity (Wildman–Crippen MR) is 53.8 cm³/mol. The van der Waals surface area contributed by atoms with Crippen molar-refractivity contribution in [3.63, 3.8) is 0 Å². The summed E-state index contributed by atoms with van der Waals surface area (Å²) >= 11 is 3.76. The molecule has 0 nitrogen and oxygen atoms in total. The summed E-state index contributed by atoms with van der Waals surface area (Å²) < 4.78 is 3.00. The quantitative estimate of drug-likeness (QED) is 0.628. The topological polar surface area (TPSA) is 0 Å². The molecule has 0 unspecified atom stereocenters. The molecule has 11 heavy (non-hydrogen) atoms. The molecule has 2 heteroatoms. The van der Waals surface area contributed by atoms with E-state index in [2.05, 4.69) is 24.6 Å². The smallest absolute Gasteiger partial charge is 0.0485 e. The highest BCUT2D eigenvalue weighted by atomic mass is 32.1. The second-order valence-corrected chi connectivity index (χ2v) is 4.45. The second kappa shape index (κ2) is 2.61. The van der Waals surface area contributed by atoms with Crippen LogP contribution in [0.1, 0.15) is 18.1 Å². The maximum absolute atomic E-state index is 2.29. The van der Waals surface area contributed by atoms with Gasteiger partial charge in [-0.15, -0.1) is 22.7 Å². The molecule has 0 aliphatic rings. The third-order valence-corrected chi connectivity index (χ3v) is 4.38. The Kier molecular flexibility index (Phi) is 1.74. The van der Waals surface area contributed by atoms with Gasteiger partial charge in [-0.05, 0) is 35.2 Å². The van der Waals surface area contributed by atoms with Crippen molar-refractivity contribution >= 4 is 32.1 Å². The molecule has 0 spiro atoms. The van der Waals surface area contributed by atoms with Gasteiger partial charge in [0.1, 0.15) is 0 Å². The number of hydrogen-bond acceptors (Lipinski definition) is 2. The maximum atomic E-state index is 2.29. The van der Waals surface area contributed by atoms with Crippen molar-refractivity contribution in [2.24, 2.45) is 0 Å².